The van der Waals surface area contributed by atoms with Gasteiger partial charge in [0.15, 0.2) is 5.96 Å². The van der Waals surface area contributed by atoms with Crippen LogP contribution in [0.4, 0.5) is 0 Å². The van der Waals surface area contributed by atoms with E-state index in [4.69, 9.17) is 9.88 Å². The van der Waals surface area contributed by atoms with Crippen LogP contribution in [0.1, 0.15) is 49.3 Å². The van der Waals surface area contributed by atoms with E-state index in [1.54, 1.807) is 19.2 Å². The van der Waals surface area contributed by atoms with Crippen molar-refractivity contribution in [1.29, 1.82) is 0 Å². The van der Waals surface area contributed by atoms with Gasteiger partial charge < -0.3 is 15.4 Å². The number of benzene rings is 2. The number of fused-ring (bicyclic) bond motifs is 1. The monoisotopic (exact) mass is 556 g/mol. The Morgan fingerprint density at radius 1 is 1.19 bits per heavy atom. The molecule has 1 aliphatic heterocycles. The molecule has 0 amide bonds. The predicted octanol–water partition coefficient (Wildman–Crippen LogP) is 3.45. The van der Waals surface area contributed by atoms with Crippen molar-refractivity contribution in [1.82, 2.24) is 10.6 Å². The van der Waals surface area contributed by atoms with E-state index in [1.807, 2.05) is 24.3 Å². The Labute approximate surface area is 200 Å². The molecule has 0 saturated heterocycles. The average molecular weight is 556 g/mol. The van der Waals surface area contributed by atoms with E-state index in [0.717, 1.165) is 36.1 Å². The highest BCUT2D eigenvalue weighted by molar-refractivity contribution is 14.0. The van der Waals surface area contributed by atoms with Crippen molar-refractivity contribution in [3.8, 4) is 5.75 Å². The number of guanidine groups is 1. The van der Waals surface area contributed by atoms with Gasteiger partial charge in [-0.05, 0) is 49.4 Å². The molecule has 1 spiro atoms. The molecule has 4 rings (SSSR count). The van der Waals surface area contributed by atoms with Crippen molar-refractivity contribution in [3.63, 3.8) is 0 Å². The van der Waals surface area contributed by atoms with E-state index in [1.165, 1.54) is 18.9 Å². The lowest BCUT2D eigenvalue weighted by molar-refractivity contribution is 0.0396. The molecule has 0 radical (unpaired) electrons. The number of hydrogen-bond donors (Lipinski definition) is 3. The highest BCUT2D eigenvalue weighted by Gasteiger charge is 2.43. The van der Waals surface area contributed by atoms with Crippen LogP contribution in [-0.2, 0) is 16.6 Å². The normalized spacial score (nSPS) is 19.8. The number of sulfonamides is 1. The third kappa shape index (κ3) is 5.50. The number of aliphatic imine (C=N–C) groups is 1. The summed E-state index contributed by atoms with van der Waals surface area (Å²) in [5.74, 6) is 1.60. The van der Waals surface area contributed by atoms with Crippen molar-refractivity contribution in [3.05, 3.63) is 59.7 Å². The summed E-state index contributed by atoms with van der Waals surface area (Å²) in [6, 6.07) is 14.9. The van der Waals surface area contributed by atoms with Crippen LogP contribution in [0.3, 0.4) is 0 Å². The molecule has 4 N–H and O–H groups in total. The second-order valence-corrected chi connectivity index (χ2v) is 9.61. The summed E-state index contributed by atoms with van der Waals surface area (Å²) < 4.78 is 29.6. The molecular formula is C22H29IN4O3S. The molecule has 0 aromatic heterocycles. The highest BCUT2D eigenvalue weighted by Crippen LogP contribution is 2.46. The predicted molar refractivity (Wildman–Crippen MR) is 132 cm³/mol. The Hall–Kier alpha value is -1.85. The molecule has 7 nitrogen and oxygen atoms in total. The first-order valence-electron chi connectivity index (χ1n) is 10.3. The van der Waals surface area contributed by atoms with Gasteiger partial charge in [0.1, 0.15) is 11.4 Å². The van der Waals surface area contributed by atoms with Crippen LogP contribution in [0.5, 0.6) is 5.75 Å². The Morgan fingerprint density at radius 2 is 1.94 bits per heavy atom. The van der Waals surface area contributed by atoms with Gasteiger partial charge in [0.2, 0.25) is 10.0 Å². The van der Waals surface area contributed by atoms with Crippen LogP contribution in [0.25, 0.3) is 0 Å². The number of halogens is 1. The van der Waals surface area contributed by atoms with Crippen molar-refractivity contribution >= 4 is 40.0 Å². The number of para-hydroxylation sites is 1. The molecule has 2 aromatic carbocycles. The first kappa shape index (κ1) is 23.8. The largest absolute Gasteiger partial charge is 0.487 e. The maximum atomic E-state index is 11.6. The maximum absolute atomic E-state index is 11.6. The number of primary sulfonamides is 1. The van der Waals surface area contributed by atoms with Crippen molar-refractivity contribution in [2.45, 2.75) is 55.2 Å². The molecule has 1 heterocycles. The van der Waals surface area contributed by atoms with Crippen LogP contribution in [0, 0.1) is 0 Å². The molecular weight excluding hydrogens is 527 g/mol. The van der Waals surface area contributed by atoms with E-state index in [9.17, 15) is 8.42 Å². The molecule has 1 unspecified atom stereocenters. The number of nitrogens with one attached hydrogen (secondary N) is 2. The summed E-state index contributed by atoms with van der Waals surface area (Å²) in [4.78, 5) is 4.47. The molecule has 1 saturated carbocycles. The zero-order valence-electron chi connectivity index (χ0n) is 17.5. The molecule has 1 fully saturated rings. The summed E-state index contributed by atoms with van der Waals surface area (Å²) >= 11 is 0. The standard InChI is InChI=1S/C22H28N4O3S.HI/c1-24-21(25-15-16-7-6-8-17(13-16)30(23,27)28)26-19-14-22(11-4-5-12-22)29-20-10-3-2-9-18(19)20;/h2-3,6-10,13,19H,4-5,11-12,14-15H2,1H3,(H2,23,27,28)(H2,24,25,26);1H. The first-order valence-corrected chi connectivity index (χ1v) is 11.8. The van der Waals surface area contributed by atoms with E-state index in [0.29, 0.717) is 12.5 Å². The lowest BCUT2D eigenvalue weighted by Crippen LogP contribution is -2.46. The van der Waals surface area contributed by atoms with E-state index < -0.39 is 10.0 Å². The minimum atomic E-state index is -3.73. The van der Waals surface area contributed by atoms with Crippen molar-refractivity contribution < 1.29 is 13.2 Å². The number of nitrogens with zero attached hydrogens (tertiary/aromatic N) is 1. The molecule has 1 atom stereocenters. The third-order valence-corrected chi connectivity index (χ3v) is 6.84. The van der Waals surface area contributed by atoms with Crippen LogP contribution in [0.2, 0.25) is 0 Å². The van der Waals surface area contributed by atoms with E-state index in [-0.39, 0.29) is 40.5 Å². The fraction of sp³-hybridized carbons (Fsp3) is 0.409. The van der Waals surface area contributed by atoms with Gasteiger partial charge in [-0.15, -0.1) is 24.0 Å². The Bertz CT molecular complexity index is 1050. The summed E-state index contributed by atoms with van der Waals surface area (Å²) in [6.07, 6.45) is 5.44. The summed E-state index contributed by atoms with van der Waals surface area (Å²) in [5.41, 5.74) is 1.84. The van der Waals surface area contributed by atoms with Crippen LogP contribution in [0.15, 0.2) is 58.4 Å². The Kier molecular flexibility index (Phi) is 7.48. The van der Waals surface area contributed by atoms with Gasteiger partial charge in [-0.2, -0.15) is 0 Å². The van der Waals surface area contributed by atoms with Crippen molar-refractivity contribution in [2.24, 2.45) is 10.1 Å². The van der Waals surface area contributed by atoms with Gasteiger partial charge in [-0.25, -0.2) is 13.6 Å². The fourth-order valence-electron chi connectivity index (χ4n) is 4.45. The summed E-state index contributed by atoms with van der Waals surface area (Å²) in [6.45, 7) is 0.430. The van der Waals surface area contributed by atoms with Gasteiger partial charge in [0.25, 0.3) is 0 Å². The molecule has 2 aliphatic rings. The fourth-order valence-corrected chi connectivity index (χ4v) is 5.03. The smallest absolute Gasteiger partial charge is 0.238 e. The first-order chi connectivity index (χ1) is 14.4. The van der Waals surface area contributed by atoms with Crippen LogP contribution >= 0.6 is 24.0 Å². The second kappa shape index (κ2) is 9.74. The topological polar surface area (TPSA) is 106 Å². The zero-order chi connectivity index (χ0) is 21.2. The SMILES string of the molecule is CN=C(NCc1cccc(S(N)(=O)=O)c1)NC1CC2(CCCC2)Oc2ccccc21.I. The molecule has 31 heavy (non-hydrogen) atoms. The lowest BCUT2D eigenvalue weighted by Gasteiger charge is -2.40. The summed E-state index contributed by atoms with van der Waals surface area (Å²) in [5, 5.41) is 12.1. The number of rotatable bonds is 4. The Balaban J connectivity index is 0.00000272. The minimum Gasteiger partial charge on any atom is -0.487 e. The van der Waals surface area contributed by atoms with Gasteiger partial charge >= 0.3 is 0 Å². The van der Waals surface area contributed by atoms with Gasteiger partial charge in [-0.3, -0.25) is 4.99 Å². The summed E-state index contributed by atoms with van der Waals surface area (Å²) in [7, 11) is -2.00. The number of ether oxygens (including phenoxy) is 1. The molecule has 168 valence electrons. The van der Waals surface area contributed by atoms with E-state index >= 15 is 0 Å². The third-order valence-electron chi connectivity index (χ3n) is 5.93. The molecule has 0 bridgehead atoms. The lowest BCUT2D eigenvalue weighted by atomic mass is 9.86. The van der Waals surface area contributed by atoms with Crippen LogP contribution < -0.4 is 20.5 Å². The Morgan fingerprint density at radius 3 is 2.65 bits per heavy atom. The highest BCUT2D eigenvalue weighted by atomic mass is 127. The van der Waals surface area contributed by atoms with E-state index in [2.05, 4.69) is 21.7 Å². The second-order valence-electron chi connectivity index (χ2n) is 8.05. The van der Waals surface area contributed by atoms with Gasteiger partial charge in [0, 0.05) is 25.6 Å². The average Bonchev–Trinajstić information content (AvgIpc) is 3.17. The quantitative estimate of drug-likeness (QED) is 0.304. The van der Waals surface area contributed by atoms with Gasteiger partial charge in [0.05, 0.1) is 10.9 Å². The minimum absolute atomic E-state index is 0. The van der Waals surface area contributed by atoms with Crippen molar-refractivity contribution in [2.75, 3.05) is 7.05 Å². The van der Waals surface area contributed by atoms with Gasteiger partial charge in [-0.1, -0.05) is 30.3 Å². The molecule has 2 aromatic rings. The zero-order valence-corrected chi connectivity index (χ0v) is 20.7. The number of nitrogens with two attached hydrogens (primary N) is 1. The molecule has 1 aliphatic carbocycles. The number of hydrogen-bond acceptors (Lipinski definition) is 4. The maximum Gasteiger partial charge on any atom is 0.238 e. The van der Waals surface area contributed by atoms with Crippen LogP contribution in [-0.4, -0.2) is 27.0 Å². The molecule has 9 heteroatoms.